The molecule has 150 valence electrons. The zero-order valence-corrected chi connectivity index (χ0v) is 16.4. The lowest BCUT2D eigenvalue weighted by molar-refractivity contribution is 0.0987. The third-order valence-electron chi connectivity index (χ3n) is 5.46. The van der Waals surface area contributed by atoms with Crippen molar-refractivity contribution in [3.63, 3.8) is 0 Å². The van der Waals surface area contributed by atoms with Gasteiger partial charge in [0.1, 0.15) is 12.0 Å². The first-order chi connectivity index (χ1) is 14.8. The van der Waals surface area contributed by atoms with Crippen LogP contribution in [0.5, 0.6) is 0 Å². The number of nitrogens with zero attached hydrogens (tertiary/aromatic N) is 4. The Bertz CT molecular complexity index is 1180. The number of carbonyl (C=O) groups is 1. The number of nitrogens with one attached hydrogen (secondary N) is 1. The van der Waals surface area contributed by atoms with Gasteiger partial charge in [-0.2, -0.15) is 0 Å². The third-order valence-corrected chi connectivity index (χ3v) is 5.46. The summed E-state index contributed by atoms with van der Waals surface area (Å²) in [7, 11) is 0. The quantitative estimate of drug-likeness (QED) is 0.513. The maximum Gasteiger partial charge on any atom is 0.197 e. The second kappa shape index (κ2) is 8.12. The summed E-state index contributed by atoms with van der Waals surface area (Å²) in [5.41, 5.74) is 3.81. The van der Waals surface area contributed by atoms with Crippen LogP contribution in [-0.2, 0) is 6.42 Å². The Morgan fingerprint density at radius 3 is 2.83 bits per heavy atom. The van der Waals surface area contributed by atoms with E-state index in [-0.39, 0.29) is 18.1 Å². The molecule has 1 fully saturated rings. The molecule has 0 radical (unpaired) electrons. The molecule has 4 aromatic heterocycles. The van der Waals surface area contributed by atoms with Gasteiger partial charge in [-0.3, -0.25) is 19.7 Å². The molecule has 5 heterocycles. The van der Waals surface area contributed by atoms with Gasteiger partial charge in [-0.05, 0) is 44.1 Å². The lowest BCUT2D eigenvalue weighted by Crippen LogP contribution is -2.26. The zero-order chi connectivity index (χ0) is 20.3. The van der Waals surface area contributed by atoms with Crippen molar-refractivity contribution in [3.05, 3.63) is 72.6 Å². The second-order valence-corrected chi connectivity index (χ2v) is 7.53. The van der Waals surface area contributed by atoms with Crippen molar-refractivity contribution in [2.24, 2.45) is 0 Å². The van der Waals surface area contributed by atoms with E-state index in [1.807, 2.05) is 30.5 Å². The van der Waals surface area contributed by atoms with Crippen LogP contribution in [0, 0.1) is 0 Å². The number of rotatable bonds is 5. The SMILES string of the molecule is O=C(Cc1cc2cc(-c3cccnc3)cnc2cn1)c1coc(C2CCNCC2)n1. The van der Waals surface area contributed by atoms with Gasteiger partial charge in [0.25, 0.3) is 0 Å². The number of ketones is 1. The second-order valence-electron chi connectivity index (χ2n) is 7.53. The van der Waals surface area contributed by atoms with Crippen LogP contribution in [0.2, 0.25) is 0 Å². The van der Waals surface area contributed by atoms with Crippen molar-refractivity contribution < 1.29 is 9.21 Å². The van der Waals surface area contributed by atoms with Gasteiger partial charge in [-0.25, -0.2) is 4.98 Å². The largest absolute Gasteiger partial charge is 0.448 e. The minimum atomic E-state index is -0.0952. The van der Waals surface area contributed by atoms with Gasteiger partial charge in [0.2, 0.25) is 0 Å². The van der Waals surface area contributed by atoms with E-state index in [0.717, 1.165) is 48.0 Å². The summed E-state index contributed by atoms with van der Waals surface area (Å²) in [5.74, 6) is 0.849. The summed E-state index contributed by atoms with van der Waals surface area (Å²) in [6.07, 6.45) is 10.7. The molecule has 5 rings (SSSR count). The number of aromatic nitrogens is 4. The van der Waals surface area contributed by atoms with E-state index in [4.69, 9.17) is 4.42 Å². The van der Waals surface area contributed by atoms with Gasteiger partial charge in [0, 0.05) is 46.7 Å². The van der Waals surface area contributed by atoms with Crippen LogP contribution in [0.4, 0.5) is 0 Å². The number of Topliss-reactive ketones (excluding diaryl/α,β-unsaturated/α-hetero) is 1. The summed E-state index contributed by atoms with van der Waals surface area (Å²) < 4.78 is 5.60. The van der Waals surface area contributed by atoms with E-state index >= 15 is 0 Å². The van der Waals surface area contributed by atoms with Crippen LogP contribution in [0.3, 0.4) is 0 Å². The maximum absolute atomic E-state index is 12.7. The lowest BCUT2D eigenvalue weighted by atomic mass is 9.98. The minimum absolute atomic E-state index is 0.0952. The molecular formula is C23H21N5O2. The number of fused-ring (bicyclic) bond motifs is 1. The Morgan fingerprint density at radius 1 is 1.10 bits per heavy atom. The molecule has 0 atom stereocenters. The Morgan fingerprint density at radius 2 is 2.00 bits per heavy atom. The fourth-order valence-electron chi connectivity index (χ4n) is 3.79. The molecule has 7 heteroatoms. The predicted molar refractivity (Wildman–Crippen MR) is 112 cm³/mol. The molecule has 0 amide bonds. The van der Waals surface area contributed by atoms with Gasteiger partial charge < -0.3 is 9.73 Å². The summed E-state index contributed by atoms with van der Waals surface area (Å²) in [4.78, 5) is 30.2. The molecule has 0 spiro atoms. The Kier molecular flexibility index (Phi) is 5.03. The van der Waals surface area contributed by atoms with Gasteiger partial charge in [-0.15, -0.1) is 0 Å². The van der Waals surface area contributed by atoms with Crippen LogP contribution in [0.15, 0.2) is 59.7 Å². The van der Waals surface area contributed by atoms with Crippen LogP contribution in [0.25, 0.3) is 22.0 Å². The van der Waals surface area contributed by atoms with E-state index in [1.165, 1.54) is 6.26 Å². The number of piperidine rings is 1. The Labute approximate surface area is 173 Å². The molecule has 7 nitrogen and oxygen atoms in total. The van der Waals surface area contributed by atoms with Crippen LogP contribution in [0.1, 0.15) is 40.8 Å². The summed E-state index contributed by atoms with van der Waals surface area (Å²) in [5, 5.41) is 4.26. The Balaban J connectivity index is 1.36. The number of oxazole rings is 1. The van der Waals surface area contributed by atoms with E-state index in [1.54, 1.807) is 18.6 Å². The standard InChI is InChI=1S/C23H21N5O2/c29-22(21-14-30-23(28-21)15-3-6-24-7-4-15)10-19-9-17-8-18(12-27-20(17)13-26-19)16-2-1-5-25-11-16/h1-2,5,8-9,11-15,24H,3-4,6-7,10H2. The van der Waals surface area contributed by atoms with Crippen molar-refractivity contribution in [2.75, 3.05) is 13.1 Å². The monoisotopic (exact) mass is 399 g/mol. The highest BCUT2D eigenvalue weighted by Gasteiger charge is 2.22. The van der Waals surface area contributed by atoms with Crippen molar-refractivity contribution in [3.8, 4) is 11.1 Å². The minimum Gasteiger partial charge on any atom is -0.448 e. The highest BCUT2D eigenvalue weighted by molar-refractivity contribution is 5.95. The van der Waals surface area contributed by atoms with Gasteiger partial charge in [0.05, 0.1) is 18.1 Å². The van der Waals surface area contributed by atoms with Gasteiger partial charge in [0.15, 0.2) is 11.7 Å². The number of pyridine rings is 3. The molecule has 0 aromatic carbocycles. The van der Waals surface area contributed by atoms with E-state index < -0.39 is 0 Å². The van der Waals surface area contributed by atoms with Gasteiger partial charge >= 0.3 is 0 Å². The molecule has 1 aliphatic rings. The molecular weight excluding hydrogens is 378 g/mol. The summed E-state index contributed by atoms with van der Waals surface area (Å²) in [6.45, 7) is 1.90. The van der Waals surface area contributed by atoms with Crippen molar-refractivity contribution in [1.82, 2.24) is 25.3 Å². The molecule has 0 saturated carbocycles. The lowest BCUT2D eigenvalue weighted by Gasteiger charge is -2.19. The molecule has 1 aliphatic heterocycles. The summed E-state index contributed by atoms with van der Waals surface area (Å²) >= 11 is 0. The number of carbonyl (C=O) groups excluding carboxylic acids is 1. The highest BCUT2D eigenvalue weighted by Crippen LogP contribution is 2.25. The predicted octanol–water partition coefficient (Wildman–Crippen LogP) is 3.57. The average Bonchev–Trinajstić information content (AvgIpc) is 3.30. The first-order valence-corrected chi connectivity index (χ1v) is 10.1. The molecule has 30 heavy (non-hydrogen) atoms. The third kappa shape index (κ3) is 3.84. The van der Waals surface area contributed by atoms with Crippen molar-refractivity contribution in [1.29, 1.82) is 0 Å². The van der Waals surface area contributed by atoms with E-state index in [2.05, 4.69) is 25.3 Å². The van der Waals surface area contributed by atoms with Crippen LogP contribution < -0.4 is 5.32 Å². The van der Waals surface area contributed by atoms with Crippen LogP contribution in [-0.4, -0.2) is 38.8 Å². The molecule has 0 aliphatic carbocycles. The highest BCUT2D eigenvalue weighted by atomic mass is 16.3. The first-order valence-electron chi connectivity index (χ1n) is 10.1. The normalized spacial score (nSPS) is 14.8. The number of hydrogen-bond donors (Lipinski definition) is 1. The molecule has 0 bridgehead atoms. The molecule has 4 aromatic rings. The van der Waals surface area contributed by atoms with E-state index in [0.29, 0.717) is 17.3 Å². The average molecular weight is 399 g/mol. The maximum atomic E-state index is 12.7. The fourth-order valence-corrected chi connectivity index (χ4v) is 3.79. The summed E-state index contributed by atoms with van der Waals surface area (Å²) in [6, 6.07) is 7.84. The molecule has 0 unspecified atom stereocenters. The van der Waals surface area contributed by atoms with E-state index in [9.17, 15) is 4.79 Å². The Hall–Kier alpha value is -3.45. The van der Waals surface area contributed by atoms with Crippen LogP contribution >= 0.6 is 0 Å². The zero-order valence-electron chi connectivity index (χ0n) is 16.4. The fraction of sp³-hybridized carbons (Fsp3) is 0.261. The first kappa shape index (κ1) is 18.6. The van der Waals surface area contributed by atoms with Crippen molar-refractivity contribution in [2.45, 2.75) is 25.2 Å². The van der Waals surface area contributed by atoms with Gasteiger partial charge in [-0.1, -0.05) is 6.07 Å². The smallest absolute Gasteiger partial charge is 0.197 e. The topological polar surface area (TPSA) is 93.8 Å². The van der Waals surface area contributed by atoms with Crippen molar-refractivity contribution >= 4 is 16.7 Å². The number of hydrogen-bond acceptors (Lipinski definition) is 7. The molecule has 1 N–H and O–H groups in total. The molecule has 1 saturated heterocycles.